The molecule has 0 radical (unpaired) electrons. The molecule has 7 heteroatoms. The molecule has 0 saturated heterocycles. The van der Waals surface area contributed by atoms with Gasteiger partial charge in [0.25, 0.3) is 5.91 Å². The highest BCUT2D eigenvalue weighted by molar-refractivity contribution is 7.80. The molecular formula is C23H24ClN4OS-. The predicted octanol–water partition coefficient (Wildman–Crippen LogP) is 2.25. The van der Waals surface area contributed by atoms with Gasteiger partial charge in [-0.05, 0) is 71.7 Å². The minimum atomic E-state index is -0.238. The molecule has 156 valence electrons. The number of nitrogens with one attached hydrogen (secondary N) is 3. The molecule has 0 fully saturated rings. The van der Waals surface area contributed by atoms with Gasteiger partial charge in [-0.3, -0.25) is 15.1 Å². The Bertz CT molecular complexity index is 984. The van der Waals surface area contributed by atoms with Gasteiger partial charge in [0.15, 0.2) is 5.11 Å². The molecule has 0 atom stereocenters. The number of carbonyl (C=O) groups excluding carboxylic acids is 1. The fourth-order valence-electron chi connectivity index (χ4n) is 2.70. The standard InChI is InChI=1S/C23H24N4OS.ClH/c1-23(2,3)17-8-6-16(7-9-17)21(28)27-22(29)26-19-12-10-18(11-13-19)25-20-5-4-14-24-15-20;/h4-15,25H,1-3H3,(H2,26,27,28,29);1H/p-1. The highest BCUT2D eigenvalue weighted by Crippen LogP contribution is 2.22. The van der Waals surface area contributed by atoms with E-state index < -0.39 is 0 Å². The summed E-state index contributed by atoms with van der Waals surface area (Å²) in [5, 5.41) is 9.26. The zero-order chi connectivity index (χ0) is 20.9. The summed E-state index contributed by atoms with van der Waals surface area (Å²) in [6, 6.07) is 19.0. The zero-order valence-corrected chi connectivity index (χ0v) is 18.6. The van der Waals surface area contributed by atoms with E-state index in [9.17, 15) is 4.79 Å². The summed E-state index contributed by atoms with van der Waals surface area (Å²) in [4.78, 5) is 16.5. The van der Waals surface area contributed by atoms with Gasteiger partial charge in [-0.1, -0.05) is 32.9 Å². The first-order chi connectivity index (χ1) is 13.8. The highest BCUT2D eigenvalue weighted by Gasteiger charge is 2.14. The number of pyridine rings is 1. The molecule has 2 aromatic carbocycles. The van der Waals surface area contributed by atoms with Gasteiger partial charge in [0.1, 0.15) is 0 Å². The molecule has 3 N–H and O–H groups in total. The molecule has 5 nitrogen and oxygen atoms in total. The van der Waals surface area contributed by atoms with Crippen LogP contribution in [0, 0.1) is 0 Å². The van der Waals surface area contributed by atoms with Crippen molar-refractivity contribution in [2.24, 2.45) is 0 Å². The van der Waals surface area contributed by atoms with Crippen molar-refractivity contribution in [1.29, 1.82) is 0 Å². The molecule has 3 rings (SSSR count). The van der Waals surface area contributed by atoms with Gasteiger partial charge in [-0.25, -0.2) is 0 Å². The van der Waals surface area contributed by atoms with Crippen LogP contribution in [0.5, 0.6) is 0 Å². The zero-order valence-electron chi connectivity index (χ0n) is 17.1. The Morgan fingerprint density at radius 2 is 1.53 bits per heavy atom. The van der Waals surface area contributed by atoms with E-state index >= 15 is 0 Å². The number of amides is 1. The van der Waals surface area contributed by atoms with Crippen molar-refractivity contribution in [3.8, 4) is 0 Å². The number of nitrogens with zero attached hydrogens (tertiary/aromatic N) is 1. The highest BCUT2D eigenvalue weighted by atomic mass is 35.5. The molecule has 0 aliphatic rings. The van der Waals surface area contributed by atoms with Crippen LogP contribution in [0.4, 0.5) is 17.1 Å². The fourth-order valence-corrected chi connectivity index (χ4v) is 2.91. The first-order valence-electron chi connectivity index (χ1n) is 9.31. The van der Waals surface area contributed by atoms with E-state index in [1.54, 1.807) is 12.4 Å². The Kier molecular flexibility index (Phi) is 7.92. The van der Waals surface area contributed by atoms with Gasteiger partial charge >= 0.3 is 0 Å². The van der Waals surface area contributed by atoms with Gasteiger partial charge in [0, 0.05) is 23.1 Å². The lowest BCUT2D eigenvalue weighted by Crippen LogP contribution is -3.00. The lowest BCUT2D eigenvalue weighted by atomic mass is 9.87. The third kappa shape index (κ3) is 6.54. The maximum absolute atomic E-state index is 12.4. The summed E-state index contributed by atoms with van der Waals surface area (Å²) in [7, 11) is 0. The molecule has 0 unspecified atom stereocenters. The predicted molar refractivity (Wildman–Crippen MR) is 123 cm³/mol. The second-order valence-electron chi connectivity index (χ2n) is 7.68. The van der Waals surface area contributed by atoms with Crippen molar-refractivity contribution in [3.05, 3.63) is 84.2 Å². The maximum Gasteiger partial charge on any atom is 0.257 e. The minimum Gasteiger partial charge on any atom is -1.00 e. The first-order valence-corrected chi connectivity index (χ1v) is 9.72. The summed E-state index contributed by atoms with van der Waals surface area (Å²) in [5.41, 5.74) is 4.41. The summed E-state index contributed by atoms with van der Waals surface area (Å²) < 4.78 is 0. The number of benzene rings is 2. The molecule has 3 aromatic rings. The summed E-state index contributed by atoms with van der Waals surface area (Å²) in [5.74, 6) is -0.238. The number of rotatable bonds is 4. The van der Waals surface area contributed by atoms with Crippen molar-refractivity contribution in [3.63, 3.8) is 0 Å². The summed E-state index contributed by atoms with van der Waals surface area (Å²) >= 11 is 5.27. The van der Waals surface area contributed by atoms with Crippen molar-refractivity contribution >= 4 is 40.3 Å². The molecule has 1 aromatic heterocycles. The Balaban J connectivity index is 0.00000320. The third-order valence-electron chi connectivity index (χ3n) is 4.33. The van der Waals surface area contributed by atoms with Crippen LogP contribution in [0.2, 0.25) is 0 Å². The molecule has 0 aliphatic heterocycles. The van der Waals surface area contributed by atoms with Crippen molar-refractivity contribution < 1.29 is 17.2 Å². The second-order valence-corrected chi connectivity index (χ2v) is 8.09. The van der Waals surface area contributed by atoms with E-state index in [2.05, 4.69) is 41.7 Å². The van der Waals surface area contributed by atoms with Crippen LogP contribution in [-0.2, 0) is 5.41 Å². The quantitative estimate of drug-likeness (QED) is 0.544. The van der Waals surface area contributed by atoms with Crippen LogP contribution in [0.25, 0.3) is 0 Å². The Morgan fingerprint density at radius 3 is 2.10 bits per heavy atom. The summed E-state index contributed by atoms with van der Waals surface area (Å²) in [6.07, 6.45) is 3.48. The van der Waals surface area contributed by atoms with E-state index in [-0.39, 0.29) is 28.8 Å². The van der Waals surface area contributed by atoms with E-state index in [0.717, 1.165) is 17.1 Å². The molecule has 1 amide bonds. The SMILES string of the molecule is CC(C)(C)c1ccc(C(=O)NC(=S)Nc2ccc(Nc3cccnc3)cc2)cc1.[Cl-]. The number of hydrogen-bond donors (Lipinski definition) is 3. The van der Waals surface area contributed by atoms with E-state index in [1.165, 1.54) is 5.56 Å². The molecule has 1 heterocycles. The average molecular weight is 440 g/mol. The van der Waals surface area contributed by atoms with Gasteiger partial charge in [-0.15, -0.1) is 0 Å². The molecule has 0 aliphatic carbocycles. The van der Waals surface area contributed by atoms with Crippen LogP contribution in [0.3, 0.4) is 0 Å². The molecular weight excluding hydrogens is 416 g/mol. The van der Waals surface area contributed by atoms with Gasteiger partial charge in [0.2, 0.25) is 0 Å². The van der Waals surface area contributed by atoms with E-state index in [1.807, 2.05) is 60.7 Å². The van der Waals surface area contributed by atoms with Crippen LogP contribution in [-0.4, -0.2) is 16.0 Å². The molecule has 0 saturated carbocycles. The van der Waals surface area contributed by atoms with E-state index in [4.69, 9.17) is 12.2 Å². The number of aromatic nitrogens is 1. The number of anilines is 3. The molecule has 0 spiro atoms. The normalized spacial score (nSPS) is 10.5. The van der Waals surface area contributed by atoms with Crippen LogP contribution in [0.15, 0.2) is 73.1 Å². The maximum atomic E-state index is 12.4. The van der Waals surface area contributed by atoms with Gasteiger partial charge < -0.3 is 23.0 Å². The smallest absolute Gasteiger partial charge is 0.257 e. The molecule has 30 heavy (non-hydrogen) atoms. The number of carbonyl (C=O) groups is 1. The fraction of sp³-hybridized carbons (Fsp3) is 0.174. The van der Waals surface area contributed by atoms with Crippen molar-refractivity contribution in [2.45, 2.75) is 26.2 Å². The average Bonchev–Trinajstić information content (AvgIpc) is 2.69. The van der Waals surface area contributed by atoms with Crippen molar-refractivity contribution in [1.82, 2.24) is 10.3 Å². The van der Waals surface area contributed by atoms with Crippen LogP contribution >= 0.6 is 12.2 Å². The first kappa shape index (κ1) is 23.3. The topological polar surface area (TPSA) is 66.1 Å². The van der Waals surface area contributed by atoms with Crippen molar-refractivity contribution in [2.75, 3.05) is 10.6 Å². The Labute approximate surface area is 188 Å². The number of halogens is 1. The van der Waals surface area contributed by atoms with Gasteiger partial charge in [0.05, 0.1) is 11.9 Å². The molecule has 0 bridgehead atoms. The lowest BCUT2D eigenvalue weighted by Gasteiger charge is -2.19. The van der Waals surface area contributed by atoms with E-state index in [0.29, 0.717) is 5.56 Å². The summed E-state index contributed by atoms with van der Waals surface area (Å²) in [6.45, 7) is 6.41. The second kappa shape index (κ2) is 10.2. The largest absolute Gasteiger partial charge is 1.00 e. The lowest BCUT2D eigenvalue weighted by molar-refractivity contribution is -0.0000145. The number of thiocarbonyl (C=S) groups is 1. The van der Waals surface area contributed by atoms with Crippen LogP contribution < -0.4 is 28.4 Å². The monoisotopic (exact) mass is 439 g/mol. The number of hydrogen-bond acceptors (Lipinski definition) is 4. The van der Waals surface area contributed by atoms with Gasteiger partial charge in [-0.2, -0.15) is 0 Å². The minimum absolute atomic E-state index is 0. The Morgan fingerprint density at radius 1 is 0.900 bits per heavy atom. The Hall–Kier alpha value is -2.96. The van der Waals surface area contributed by atoms with Crippen LogP contribution in [0.1, 0.15) is 36.7 Å². The third-order valence-corrected chi connectivity index (χ3v) is 4.54.